The number of methoxy groups -OCH3 is 1. The maximum absolute atomic E-state index is 12.9. The Morgan fingerprint density at radius 1 is 1.07 bits per heavy atom. The highest BCUT2D eigenvalue weighted by atomic mass is 16.6. The third-order valence-electron chi connectivity index (χ3n) is 4.70. The van der Waals surface area contributed by atoms with Crippen LogP contribution in [0.15, 0.2) is 54.6 Å². The minimum Gasteiger partial charge on any atom is -0.497 e. The lowest BCUT2D eigenvalue weighted by molar-refractivity contribution is -0.125. The number of hydrogen-bond acceptors (Lipinski definition) is 4. The zero-order valence-electron chi connectivity index (χ0n) is 15.6. The zero-order chi connectivity index (χ0) is 19.2. The Morgan fingerprint density at radius 2 is 1.78 bits per heavy atom. The van der Waals surface area contributed by atoms with E-state index in [1.165, 1.54) is 4.90 Å². The van der Waals surface area contributed by atoms with Crippen molar-refractivity contribution in [3.8, 4) is 5.75 Å². The average molecular weight is 368 g/mol. The van der Waals surface area contributed by atoms with Gasteiger partial charge in [0.2, 0.25) is 5.91 Å². The van der Waals surface area contributed by atoms with Gasteiger partial charge in [0.05, 0.1) is 7.11 Å². The molecule has 0 N–H and O–H groups in total. The summed E-state index contributed by atoms with van der Waals surface area (Å²) in [7, 11) is 1.60. The number of anilines is 1. The highest BCUT2D eigenvalue weighted by Gasteiger charge is 2.37. The van der Waals surface area contributed by atoms with Crippen LogP contribution in [0.3, 0.4) is 0 Å². The summed E-state index contributed by atoms with van der Waals surface area (Å²) in [5, 5.41) is 0. The first kappa shape index (κ1) is 18.8. The summed E-state index contributed by atoms with van der Waals surface area (Å²) >= 11 is 0. The molecular weight excluding hydrogens is 344 g/mol. The molecule has 0 aromatic heterocycles. The van der Waals surface area contributed by atoms with Crippen molar-refractivity contribution >= 4 is 17.7 Å². The van der Waals surface area contributed by atoms with Gasteiger partial charge in [-0.05, 0) is 36.2 Å². The molecule has 6 heteroatoms. The van der Waals surface area contributed by atoms with E-state index >= 15 is 0 Å². The van der Waals surface area contributed by atoms with Gasteiger partial charge in [-0.2, -0.15) is 0 Å². The predicted octanol–water partition coefficient (Wildman–Crippen LogP) is 3.46. The van der Waals surface area contributed by atoms with Crippen LogP contribution in [-0.2, 0) is 16.1 Å². The first-order chi connectivity index (χ1) is 13.1. The number of amides is 2. The lowest BCUT2D eigenvalue weighted by Gasteiger charge is -2.39. The number of piperazine rings is 1. The molecule has 0 aliphatic carbocycles. The number of rotatable bonds is 5. The minimum absolute atomic E-state index is 0.0921. The standard InChI is InChI=1S/C21H24N2O4/c1-3-19-20(24)22(17-9-11-18(26-2)12-10-17)13-14-23(19)21(25)27-15-16-7-5-4-6-8-16/h4-12,19H,3,13-15H2,1-2H3. The summed E-state index contributed by atoms with van der Waals surface area (Å²) in [4.78, 5) is 28.7. The number of carbonyl (C=O) groups excluding carboxylic acids is 2. The molecule has 6 nitrogen and oxygen atoms in total. The Bertz CT molecular complexity index is 777. The summed E-state index contributed by atoms with van der Waals surface area (Å²) in [5.74, 6) is 0.645. The largest absolute Gasteiger partial charge is 0.497 e. The monoisotopic (exact) mass is 368 g/mol. The van der Waals surface area contributed by atoms with Gasteiger partial charge in [-0.15, -0.1) is 0 Å². The first-order valence-electron chi connectivity index (χ1n) is 9.06. The van der Waals surface area contributed by atoms with Gasteiger partial charge in [0.25, 0.3) is 0 Å². The SMILES string of the molecule is CCC1C(=O)N(c2ccc(OC)cc2)CCN1C(=O)OCc1ccccc1. The highest BCUT2D eigenvalue weighted by Crippen LogP contribution is 2.24. The molecule has 1 aliphatic heterocycles. The van der Waals surface area contributed by atoms with Gasteiger partial charge < -0.3 is 14.4 Å². The van der Waals surface area contributed by atoms with Gasteiger partial charge in [-0.3, -0.25) is 9.69 Å². The lowest BCUT2D eigenvalue weighted by Crippen LogP contribution is -2.58. The Kier molecular flexibility index (Phi) is 5.96. The Morgan fingerprint density at radius 3 is 2.41 bits per heavy atom. The summed E-state index contributed by atoms with van der Waals surface area (Å²) < 4.78 is 10.6. The van der Waals surface area contributed by atoms with E-state index in [0.29, 0.717) is 19.5 Å². The van der Waals surface area contributed by atoms with E-state index in [0.717, 1.165) is 17.0 Å². The maximum Gasteiger partial charge on any atom is 0.410 e. The van der Waals surface area contributed by atoms with E-state index in [1.807, 2.05) is 61.5 Å². The molecule has 27 heavy (non-hydrogen) atoms. The molecule has 1 atom stereocenters. The van der Waals surface area contributed by atoms with E-state index in [4.69, 9.17) is 9.47 Å². The number of benzene rings is 2. The summed E-state index contributed by atoms with van der Waals surface area (Å²) in [6.07, 6.45) is 0.0831. The molecule has 2 amide bonds. The van der Waals surface area contributed by atoms with Crippen molar-refractivity contribution in [1.82, 2.24) is 4.90 Å². The smallest absolute Gasteiger partial charge is 0.410 e. The molecule has 0 spiro atoms. The number of hydrogen-bond donors (Lipinski definition) is 0. The molecule has 1 fully saturated rings. The van der Waals surface area contributed by atoms with Crippen LogP contribution in [-0.4, -0.2) is 43.1 Å². The van der Waals surface area contributed by atoms with Gasteiger partial charge in [0, 0.05) is 18.8 Å². The third-order valence-corrected chi connectivity index (χ3v) is 4.70. The van der Waals surface area contributed by atoms with Crippen molar-refractivity contribution in [2.75, 3.05) is 25.1 Å². The first-order valence-corrected chi connectivity index (χ1v) is 9.06. The molecule has 1 heterocycles. The second-order valence-corrected chi connectivity index (χ2v) is 6.35. The highest BCUT2D eigenvalue weighted by molar-refractivity contribution is 5.99. The van der Waals surface area contributed by atoms with Crippen LogP contribution < -0.4 is 9.64 Å². The molecule has 2 aromatic rings. The summed E-state index contributed by atoms with van der Waals surface area (Å²) in [5.41, 5.74) is 1.72. The molecule has 2 aromatic carbocycles. The van der Waals surface area contributed by atoms with Crippen molar-refractivity contribution in [2.24, 2.45) is 0 Å². The van der Waals surface area contributed by atoms with Crippen LogP contribution in [0.4, 0.5) is 10.5 Å². The van der Waals surface area contributed by atoms with Crippen molar-refractivity contribution < 1.29 is 19.1 Å². The average Bonchev–Trinajstić information content (AvgIpc) is 2.72. The van der Waals surface area contributed by atoms with Crippen molar-refractivity contribution in [2.45, 2.75) is 26.0 Å². The van der Waals surface area contributed by atoms with E-state index in [2.05, 4.69) is 0 Å². The maximum atomic E-state index is 12.9. The molecule has 3 rings (SSSR count). The molecular formula is C21H24N2O4. The third kappa shape index (κ3) is 4.22. The normalized spacial score (nSPS) is 17.0. The van der Waals surface area contributed by atoms with Crippen LogP contribution >= 0.6 is 0 Å². The quantitative estimate of drug-likeness (QED) is 0.811. The lowest BCUT2D eigenvalue weighted by atomic mass is 10.1. The molecule has 0 saturated carbocycles. The van der Waals surface area contributed by atoms with Crippen LogP contribution in [0.2, 0.25) is 0 Å². The van der Waals surface area contributed by atoms with Crippen LogP contribution in [0.1, 0.15) is 18.9 Å². The Balaban J connectivity index is 1.66. The Labute approximate surface area is 159 Å². The number of nitrogens with zero attached hydrogens (tertiary/aromatic N) is 2. The van der Waals surface area contributed by atoms with Crippen LogP contribution in [0.25, 0.3) is 0 Å². The van der Waals surface area contributed by atoms with Gasteiger partial charge in [0.1, 0.15) is 18.4 Å². The fraction of sp³-hybridized carbons (Fsp3) is 0.333. The van der Waals surface area contributed by atoms with Crippen molar-refractivity contribution in [3.05, 3.63) is 60.2 Å². The van der Waals surface area contributed by atoms with E-state index in [1.54, 1.807) is 12.0 Å². The summed E-state index contributed by atoms with van der Waals surface area (Å²) in [6.45, 7) is 2.96. The molecule has 142 valence electrons. The fourth-order valence-electron chi connectivity index (χ4n) is 3.22. The minimum atomic E-state index is -0.524. The number of carbonyl (C=O) groups is 2. The van der Waals surface area contributed by atoms with Crippen LogP contribution in [0, 0.1) is 0 Å². The molecule has 0 radical (unpaired) electrons. The predicted molar refractivity (Wildman–Crippen MR) is 103 cm³/mol. The molecule has 1 saturated heterocycles. The van der Waals surface area contributed by atoms with E-state index < -0.39 is 12.1 Å². The fourth-order valence-corrected chi connectivity index (χ4v) is 3.22. The zero-order valence-corrected chi connectivity index (χ0v) is 15.6. The molecule has 0 bridgehead atoms. The van der Waals surface area contributed by atoms with Gasteiger partial charge in [-0.1, -0.05) is 37.3 Å². The van der Waals surface area contributed by atoms with E-state index in [-0.39, 0.29) is 12.5 Å². The van der Waals surface area contributed by atoms with E-state index in [9.17, 15) is 9.59 Å². The summed E-state index contributed by atoms with van der Waals surface area (Å²) in [6, 6.07) is 16.3. The number of ether oxygens (including phenoxy) is 2. The second kappa shape index (κ2) is 8.58. The van der Waals surface area contributed by atoms with Gasteiger partial charge in [0.15, 0.2) is 0 Å². The van der Waals surface area contributed by atoms with Crippen molar-refractivity contribution in [1.29, 1.82) is 0 Å². The second-order valence-electron chi connectivity index (χ2n) is 6.35. The van der Waals surface area contributed by atoms with Crippen LogP contribution in [0.5, 0.6) is 5.75 Å². The van der Waals surface area contributed by atoms with Gasteiger partial charge in [-0.25, -0.2) is 4.79 Å². The Hall–Kier alpha value is -3.02. The molecule has 1 unspecified atom stereocenters. The topological polar surface area (TPSA) is 59.1 Å². The molecule has 1 aliphatic rings. The van der Waals surface area contributed by atoms with Gasteiger partial charge >= 0.3 is 6.09 Å². The van der Waals surface area contributed by atoms with Crippen molar-refractivity contribution in [3.63, 3.8) is 0 Å².